The maximum absolute atomic E-state index is 11.0. The van der Waals surface area contributed by atoms with Crippen molar-refractivity contribution in [3.8, 4) is 0 Å². The summed E-state index contributed by atoms with van der Waals surface area (Å²) >= 11 is 4.96. The molecule has 0 radical (unpaired) electrons. The molecule has 1 aromatic heterocycles. The third-order valence-corrected chi connectivity index (χ3v) is 3.15. The van der Waals surface area contributed by atoms with Crippen LogP contribution in [0.4, 0.5) is 0 Å². The first kappa shape index (κ1) is 10.7. The molecule has 0 spiro atoms. The highest BCUT2D eigenvalue weighted by atomic mass is 79.9. The molecule has 0 atom stereocenters. The number of nitrogens with one attached hydrogen (secondary N) is 1. The maximum Gasteiger partial charge on any atom is 0.221 e. The van der Waals surface area contributed by atoms with Gasteiger partial charge in [0.2, 0.25) is 5.91 Å². The Hall–Kier alpha value is -0.390. The summed E-state index contributed by atoms with van der Waals surface area (Å²) in [5.74, 6) is 0.00650. The monoisotopic (exact) mass is 262 g/mol. The minimum atomic E-state index is 0.00650. The fraction of sp³-hybridized carbons (Fsp3) is 0.375. The Labute approximate surface area is 89.5 Å². The molecule has 0 aliphatic carbocycles. The summed E-state index contributed by atoms with van der Waals surface area (Å²) in [4.78, 5) is 12.2. The average molecular weight is 263 g/mol. The lowest BCUT2D eigenvalue weighted by molar-refractivity contribution is -0.121. The summed E-state index contributed by atoms with van der Waals surface area (Å²) < 4.78 is 1.06. The number of carbonyl (C=O) groups excluding carboxylic acids is 1. The Morgan fingerprint density at radius 2 is 2.46 bits per heavy atom. The highest BCUT2D eigenvalue weighted by Gasteiger charge is 2.00. The first-order valence-corrected chi connectivity index (χ1v) is 5.59. The van der Waals surface area contributed by atoms with E-state index in [1.807, 2.05) is 11.4 Å². The van der Waals surface area contributed by atoms with Crippen LogP contribution < -0.4 is 11.1 Å². The lowest BCUT2D eigenvalue weighted by Gasteiger charge is -2.00. The van der Waals surface area contributed by atoms with Crippen LogP contribution in [0.1, 0.15) is 11.3 Å². The van der Waals surface area contributed by atoms with Crippen LogP contribution in [-0.2, 0) is 11.3 Å². The summed E-state index contributed by atoms with van der Waals surface area (Å²) in [6.07, 6.45) is 0.395. The van der Waals surface area contributed by atoms with Crippen LogP contribution in [0.2, 0.25) is 0 Å². The maximum atomic E-state index is 11.0. The second-order valence-corrected chi connectivity index (χ2v) is 4.46. The molecule has 0 aliphatic heterocycles. The molecule has 1 amide bonds. The van der Waals surface area contributed by atoms with Gasteiger partial charge >= 0.3 is 0 Å². The van der Waals surface area contributed by atoms with E-state index < -0.39 is 0 Å². The van der Waals surface area contributed by atoms with Gasteiger partial charge in [-0.1, -0.05) is 0 Å². The molecule has 0 saturated carbocycles. The van der Waals surface area contributed by atoms with Gasteiger partial charge in [-0.25, -0.2) is 0 Å². The molecule has 0 bridgehead atoms. The van der Waals surface area contributed by atoms with E-state index in [1.54, 1.807) is 11.3 Å². The van der Waals surface area contributed by atoms with Gasteiger partial charge < -0.3 is 11.1 Å². The lowest BCUT2D eigenvalue weighted by Crippen LogP contribution is -2.24. The minimum absolute atomic E-state index is 0.00650. The molecule has 0 saturated heterocycles. The first-order chi connectivity index (χ1) is 6.22. The zero-order valence-electron chi connectivity index (χ0n) is 7.05. The molecule has 1 heterocycles. The van der Waals surface area contributed by atoms with Gasteiger partial charge in [0.15, 0.2) is 0 Å². The van der Waals surface area contributed by atoms with Crippen molar-refractivity contribution in [1.29, 1.82) is 0 Å². The Kier molecular flexibility index (Phi) is 4.41. The van der Waals surface area contributed by atoms with Crippen LogP contribution in [0, 0.1) is 0 Å². The number of thiophene rings is 1. The summed E-state index contributed by atoms with van der Waals surface area (Å²) in [7, 11) is 0. The predicted molar refractivity (Wildman–Crippen MR) is 57.5 cm³/mol. The van der Waals surface area contributed by atoms with Gasteiger partial charge in [0.25, 0.3) is 0 Å². The van der Waals surface area contributed by atoms with E-state index in [0.717, 1.165) is 9.35 Å². The van der Waals surface area contributed by atoms with Crippen LogP contribution in [0.25, 0.3) is 0 Å². The molecule has 0 aliphatic rings. The van der Waals surface area contributed by atoms with Crippen molar-refractivity contribution >= 4 is 33.2 Å². The van der Waals surface area contributed by atoms with E-state index in [-0.39, 0.29) is 5.91 Å². The van der Waals surface area contributed by atoms with Crippen LogP contribution in [0.3, 0.4) is 0 Å². The van der Waals surface area contributed by atoms with Gasteiger partial charge in [-0.3, -0.25) is 4.79 Å². The number of carbonyl (C=O) groups is 1. The SMILES string of the molecule is NCCC(=O)NCc1cc(Br)cs1. The van der Waals surface area contributed by atoms with Crippen LogP contribution >= 0.6 is 27.3 Å². The van der Waals surface area contributed by atoms with Crippen molar-refractivity contribution in [3.05, 3.63) is 20.8 Å². The second-order valence-electron chi connectivity index (χ2n) is 2.55. The predicted octanol–water partition coefficient (Wildman–Crippen LogP) is 1.48. The Bertz CT molecular complexity index is 287. The Morgan fingerprint density at radius 3 is 3.00 bits per heavy atom. The number of rotatable bonds is 4. The van der Waals surface area contributed by atoms with E-state index in [2.05, 4.69) is 21.2 Å². The Morgan fingerprint density at radius 1 is 1.69 bits per heavy atom. The quantitative estimate of drug-likeness (QED) is 0.864. The molecule has 0 aromatic carbocycles. The first-order valence-electron chi connectivity index (χ1n) is 3.92. The van der Waals surface area contributed by atoms with Crippen molar-refractivity contribution < 1.29 is 4.79 Å². The fourth-order valence-electron chi connectivity index (χ4n) is 0.852. The van der Waals surface area contributed by atoms with Crippen LogP contribution in [-0.4, -0.2) is 12.5 Å². The van der Waals surface area contributed by atoms with E-state index in [0.29, 0.717) is 19.5 Å². The summed E-state index contributed by atoms with van der Waals surface area (Å²) in [5.41, 5.74) is 5.24. The zero-order valence-corrected chi connectivity index (χ0v) is 9.45. The molecule has 1 rings (SSSR count). The molecular weight excluding hydrogens is 252 g/mol. The number of nitrogens with two attached hydrogens (primary N) is 1. The normalized spacial score (nSPS) is 10.0. The van der Waals surface area contributed by atoms with Gasteiger partial charge in [-0.2, -0.15) is 0 Å². The molecule has 72 valence electrons. The van der Waals surface area contributed by atoms with E-state index >= 15 is 0 Å². The molecule has 0 unspecified atom stereocenters. The van der Waals surface area contributed by atoms with Gasteiger partial charge in [-0.05, 0) is 22.0 Å². The summed E-state index contributed by atoms with van der Waals surface area (Å²) in [5, 5.41) is 4.77. The summed E-state index contributed by atoms with van der Waals surface area (Å²) in [6, 6.07) is 1.99. The molecule has 3 nitrogen and oxygen atoms in total. The third kappa shape index (κ3) is 3.89. The highest BCUT2D eigenvalue weighted by Crippen LogP contribution is 2.19. The largest absolute Gasteiger partial charge is 0.351 e. The average Bonchev–Trinajstić information content (AvgIpc) is 2.49. The van der Waals surface area contributed by atoms with Gasteiger partial charge in [0.1, 0.15) is 0 Å². The molecule has 0 fully saturated rings. The standard InChI is InChI=1S/C8H11BrN2OS/c9-6-3-7(13-5-6)4-11-8(12)1-2-10/h3,5H,1-2,4,10H2,(H,11,12). The van der Waals surface area contributed by atoms with Crippen molar-refractivity contribution in [1.82, 2.24) is 5.32 Å². The van der Waals surface area contributed by atoms with E-state index in [9.17, 15) is 4.79 Å². The van der Waals surface area contributed by atoms with E-state index in [4.69, 9.17) is 5.73 Å². The van der Waals surface area contributed by atoms with Crippen molar-refractivity contribution in [2.75, 3.05) is 6.54 Å². The molecule has 5 heteroatoms. The Balaban J connectivity index is 2.30. The lowest BCUT2D eigenvalue weighted by atomic mass is 10.4. The topological polar surface area (TPSA) is 55.1 Å². The van der Waals surface area contributed by atoms with Crippen LogP contribution in [0.15, 0.2) is 15.9 Å². The summed E-state index contributed by atoms with van der Waals surface area (Å²) in [6.45, 7) is 0.995. The molecule has 13 heavy (non-hydrogen) atoms. The number of halogens is 1. The van der Waals surface area contributed by atoms with Gasteiger partial charge in [0.05, 0.1) is 6.54 Å². The zero-order chi connectivity index (χ0) is 9.68. The number of hydrogen-bond acceptors (Lipinski definition) is 3. The third-order valence-electron chi connectivity index (χ3n) is 1.45. The van der Waals surface area contributed by atoms with Crippen LogP contribution in [0.5, 0.6) is 0 Å². The van der Waals surface area contributed by atoms with E-state index in [1.165, 1.54) is 0 Å². The minimum Gasteiger partial charge on any atom is -0.351 e. The van der Waals surface area contributed by atoms with Crippen molar-refractivity contribution in [2.45, 2.75) is 13.0 Å². The van der Waals surface area contributed by atoms with Crippen molar-refractivity contribution in [2.24, 2.45) is 5.73 Å². The second kappa shape index (κ2) is 5.36. The fourth-order valence-corrected chi connectivity index (χ4v) is 2.24. The number of amides is 1. The smallest absolute Gasteiger partial charge is 0.221 e. The van der Waals surface area contributed by atoms with Gasteiger partial charge in [0, 0.05) is 27.7 Å². The molecular formula is C8H11BrN2OS. The molecule has 1 aromatic rings. The van der Waals surface area contributed by atoms with Gasteiger partial charge in [-0.15, -0.1) is 11.3 Å². The number of hydrogen-bond donors (Lipinski definition) is 2. The van der Waals surface area contributed by atoms with Crippen molar-refractivity contribution in [3.63, 3.8) is 0 Å². The molecule has 3 N–H and O–H groups in total. The highest BCUT2D eigenvalue weighted by molar-refractivity contribution is 9.10.